The number of halogens is 3. The summed E-state index contributed by atoms with van der Waals surface area (Å²) in [6.45, 7) is 0. The van der Waals surface area contributed by atoms with Gasteiger partial charge in [-0.1, -0.05) is 0 Å². The molecule has 0 aliphatic heterocycles. The molecule has 1 amide bonds. The van der Waals surface area contributed by atoms with E-state index in [0.717, 1.165) is 6.07 Å². The molecule has 0 spiro atoms. The van der Waals surface area contributed by atoms with Gasteiger partial charge in [0.1, 0.15) is 5.69 Å². The van der Waals surface area contributed by atoms with E-state index in [1.165, 1.54) is 6.20 Å². The number of carbonyl (C=O) groups excluding carboxylic acids is 1. The van der Waals surface area contributed by atoms with Gasteiger partial charge < -0.3 is 11.1 Å². The number of nitrogens with one attached hydrogen (secondary N) is 2. The number of H-pyrrole nitrogens is 1. The van der Waals surface area contributed by atoms with Crippen LogP contribution in [0.15, 0.2) is 18.3 Å². The largest absolute Gasteiger partial charge is 0.396 e. The van der Waals surface area contributed by atoms with Crippen molar-refractivity contribution in [3.8, 4) is 0 Å². The molecule has 5 nitrogen and oxygen atoms in total. The van der Waals surface area contributed by atoms with Crippen LogP contribution in [0, 0.1) is 17.5 Å². The van der Waals surface area contributed by atoms with E-state index in [0.29, 0.717) is 6.07 Å². The zero-order valence-electron chi connectivity index (χ0n) is 8.80. The van der Waals surface area contributed by atoms with Gasteiger partial charge >= 0.3 is 0 Å². The van der Waals surface area contributed by atoms with Crippen molar-refractivity contribution in [2.75, 3.05) is 11.1 Å². The van der Waals surface area contributed by atoms with E-state index in [1.54, 1.807) is 0 Å². The molecule has 2 aromatic rings. The lowest BCUT2D eigenvalue weighted by molar-refractivity contribution is 0.102. The Morgan fingerprint density at radius 2 is 2.00 bits per heavy atom. The zero-order chi connectivity index (χ0) is 13.3. The first kappa shape index (κ1) is 12.0. The van der Waals surface area contributed by atoms with Crippen molar-refractivity contribution in [1.82, 2.24) is 10.2 Å². The van der Waals surface area contributed by atoms with Gasteiger partial charge in [-0.2, -0.15) is 5.10 Å². The number of anilines is 2. The number of nitrogens with zero attached hydrogens (tertiary/aromatic N) is 1. The molecule has 0 saturated heterocycles. The molecule has 94 valence electrons. The zero-order valence-corrected chi connectivity index (χ0v) is 8.80. The van der Waals surface area contributed by atoms with Gasteiger partial charge in [0.2, 0.25) is 0 Å². The summed E-state index contributed by atoms with van der Waals surface area (Å²) in [7, 11) is 0. The highest BCUT2D eigenvalue weighted by molar-refractivity contribution is 6.06. The summed E-state index contributed by atoms with van der Waals surface area (Å²) in [6.07, 6.45) is 1.19. The molecule has 1 heterocycles. The minimum Gasteiger partial charge on any atom is -0.396 e. The first-order chi connectivity index (χ1) is 8.50. The Bertz CT molecular complexity index is 611. The lowest BCUT2D eigenvalue weighted by atomic mass is 10.2. The van der Waals surface area contributed by atoms with Gasteiger partial charge in [-0.05, 0) is 12.1 Å². The molecular weight excluding hydrogens is 249 g/mol. The van der Waals surface area contributed by atoms with Gasteiger partial charge in [0.15, 0.2) is 17.5 Å². The molecule has 0 saturated carbocycles. The molecular formula is C10H7F3N4O. The van der Waals surface area contributed by atoms with Crippen LogP contribution in [-0.4, -0.2) is 16.1 Å². The molecule has 4 N–H and O–H groups in total. The van der Waals surface area contributed by atoms with E-state index in [-0.39, 0.29) is 11.4 Å². The van der Waals surface area contributed by atoms with Gasteiger partial charge in [0.05, 0.1) is 17.6 Å². The molecule has 18 heavy (non-hydrogen) atoms. The number of nitrogens with two attached hydrogens (primary N) is 1. The maximum Gasteiger partial charge on any atom is 0.275 e. The quantitative estimate of drug-likeness (QED) is 0.714. The highest BCUT2D eigenvalue weighted by Gasteiger charge is 2.17. The van der Waals surface area contributed by atoms with Crippen LogP contribution in [0.25, 0.3) is 0 Å². The van der Waals surface area contributed by atoms with E-state index in [9.17, 15) is 18.0 Å². The van der Waals surface area contributed by atoms with Crippen LogP contribution in [-0.2, 0) is 0 Å². The van der Waals surface area contributed by atoms with E-state index >= 15 is 0 Å². The standard InChI is InChI=1S/C10H7F3N4O/c11-4-1-2-6(8(13)7(4)12)16-10(18)9-5(14)3-15-17-9/h1-3H,14H2,(H,15,17)(H,16,18). The summed E-state index contributed by atoms with van der Waals surface area (Å²) in [6, 6.07) is 1.60. The number of aromatic amines is 1. The normalized spacial score (nSPS) is 10.4. The minimum atomic E-state index is -1.66. The number of carbonyl (C=O) groups is 1. The fourth-order valence-corrected chi connectivity index (χ4v) is 1.28. The van der Waals surface area contributed by atoms with Crippen LogP contribution in [0.5, 0.6) is 0 Å². The van der Waals surface area contributed by atoms with Crippen molar-refractivity contribution in [1.29, 1.82) is 0 Å². The molecule has 8 heteroatoms. The number of aromatic nitrogens is 2. The maximum atomic E-state index is 13.3. The molecule has 0 fully saturated rings. The Labute approximate surface area is 98.8 Å². The minimum absolute atomic E-state index is 0.0514. The maximum absolute atomic E-state index is 13.3. The summed E-state index contributed by atoms with van der Waals surface area (Å²) >= 11 is 0. The molecule has 1 aromatic carbocycles. The van der Waals surface area contributed by atoms with Crippen molar-refractivity contribution in [2.24, 2.45) is 0 Å². The van der Waals surface area contributed by atoms with Crippen LogP contribution in [0.1, 0.15) is 10.5 Å². The van der Waals surface area contributed by atoms with Crippen LogP contribution in [0.3, 0.4) is 0 Å². The Balaban J connectivity index is 2.28. The summed E-state index contributed by atoms with van der Waals surface area (Å²) in [5, 5.41) is 7.84. The molecule has 0 aliphatic rings. The highest BCUT2D eigenvalue weighted by Crippen LogP contribution is 2.20. The molecule has 0 aliphatic carbocycles. The fraction of sp³-hybridized carbons (Fsp3) is 0. The summed E-state index contributed by atoms with van der Waals surface area (Å²) in [4.78, 5) is 11.6. The van der Waals surface area contributed by atoms with Gasteiger partial charge in [-0.15, -0.1) is 0 Å². The van der Waals surface area contributed by atoms with Crippen LogP contribution in [0.4, 0.5) is 24.5 Å². The van der Waals surface area contributed by atoms with E-state index in [2.05, 4.69) is 10.2 Å². The Hall–Kier alpha value is -2.51. The first-order valence-corrected chi connectivity index (χ1v) is 4.74. The average Bonchev–Trinajstić information content (AvgIpc) is 2.76. The number of hydrogen-bond donors (Lipinski definition) is 3. The van der Waals surface area contributed by atoms with Crippen LogP contribution < -0.4 is 11.1 Å². The Morgan fingerprint density at radius 3 is 2.61 bits per heavy atom. The Morgan fingerprint density at radius 1 is 1.28 bits per heavy atom. The lowest BCUT2D eigenvalue weighted by Gasteiger charge is -2.06. The number of hydrogen-bond acceptors (Lipinski definition) is 3. The number of benzene rings is 1. The monoisotopic (exact) mass is 256 g/mol. The first-order valence-electron chi connectivity index (χ1n) is 4.74. The van der Waals surface area contributed by atoms with Crippen molar-refractivity contribution in [2.45, 2.75) is 0 Å². The van der Waals surface area contributed by atoms with Crippen molar-refractivity contribution in [3.63, 3.8) is 0 Å². The highest BCUT2D eigenvalue weighted by atomic mass is 19.2. The van der Waals surface area contributed by atoms with E-state index in [4.69, 9.17) is 5.73 Å². The smallest absolute Gasteiger partial charge is 0.275 e. The topological polar surface area (TPSA) is 83.8 Å². The van der Waals surface area contributed by atoms with Gasteiger partial charge in [-0.25, -0.2) is 13.2 Å². The second-order valence-corrected chi connectivity index (χ2v) is 3.38. The summed E-state index contributed by atoms with van der Waals surface area (Å²) in [5.74, 6) is -5.30. The third-order valence-electron chi connectivity index (χ3n) is 2.18. The third kappa shape index (κ3) is 1.99. The second kappa shape index (κ2) is 4.40. The SMILES string of the molecule is Nc1cn[nH]c1C(=O)Nc1ccc(F)c(F)c1F. The Kier molecular flexibility index (Phi) is 2.92. The average molecular weight is 256 g/mol. The molecule has 0 atom stereocenters. The van der Waals surface area contributed by atoms with Gasteiger partial charge in [0.25, 0.3) is 5.91 Å². The number of amides is 1. The summed E-state index contributed by atoms with van der Waals surface area (Å²) < 4.78 is 38.9. The molecule has 0 radical (unpaired) electrons. The number of rotatable bonds is 2. The molecule has 0 unspecified atom stereocenters. The van der Waals surface area contributed by atoms with Crippen LogP contribution in [0.2, 0.25) is 0 Å². The number of nitrogen functional groups attached to an aromatic ring is 1. The predicted molar refractivity (Wildman–Crippen MR) is 57.3 cm³/mol. The molecule has 0 bridgehead atoms. The van der Waals surface area contributed by atoms with Gasteiger partial charge in [0, 0.05) is 0 Å². The molecule has 2 rings (SSSR count). The predicted octanol–water partition coefficient (Wildman–Crippen LogP) is 1.66. The van der Waals surface area contributed by atoms with Crippen molar-refractivity contribution in [3.05, 3.63) is 41.5 Å². The lowest BCUT2D eigenvalue weighted by Crippen LogP contribution is -2.15. The molecule has 1 aromatic heterocycles. The second-order valence-electron chi connectivity index (χ2n) is 3.38. The van der Waals surface area contributed by atoms with E-state index in [1.807, 2.05) is 5.32 Å². The van der Waals surface area contributed by atoms with Gasteiger partial charge in [-0.3, -0.25) is 9.89 Å². The fourth-order valence-electron chi connectivity index (χ4n) is 1.28. The van der Waals surface area contributed by atoms with Crippen LogP contribution >= 0.6 is 0 Å². The van der Waals surface area contributed by atoms with Crippen molar-refractivity contribution >= 4 is 17.3 Å². The van der Waals surface area contributed by atoms with Crippen molar-refractivity contribution < 1.29 is 18.0 Å². The summed E-state index contributed by atoms with van der Waals surface area (Å²) in [5.41, 5.74) is 4.87. The third-order valence-corrected chi connectivity index (χ3v) is 2.18. The van der Waals surface area contributed by atoms with E-state index < -0.39 is 29.0 Å².